The molecule has 0 aliphatic carbocycles. The number of anilines is 1. The molecule has 0 spiro atoms. The summed E-state index contributed by atoms with van der Waals surface area (Å²) in [6, 6.07) is 5.92. The Morgan fingerprint density at radius 1 is 1.53 bits per heavy atom. The van der Waals surface area contributed by atoms with Crippen molar-refractivity contribution in [1.29, 1.82) is 0 Å². The van der Waals surface area contributed by atoms with Gasteiger partial charge in [0, 0.05) is 22.6 Å². The molecule has 1 fully saturated rings. The van der Waals surface area contributed by atoms with Gasteiger partial charge in [-0.05, 0) is 50.7 Å². The molecule has 1 aromatic rings. The lowest BCUT2D eigenvalue weighted by Crippen LogP contribution is -2.43. The van der Waals surface area contributed by atoms with E-state index in [1.54, 1.807) is 4.90 Å². The number of nitrogens with zero attached hydrogens (tertiary/aromatic N) is 1. The summed E-state index contributed by atoms with van der Waals surface area (Å²) in [4.78, 5) is 13.6. The van der Waals surface area contributed by atoms with E-state index >= 15 is 0 Å². The highest BCUT2D eigenvalue weighted by Gasteiger charge is 2.28. The van der Waals surface area contributed by atoms with E-state index < -0.39 is 0 Å². The minimum absolute atomic E-state index is 0.248. The Morgan fingerprint density at radius 2 is 2.32 bits per heavy atom. The van der Waals surface area contributed by atoms with Crippen molar-refractivity contribution in [3.63, 3.8) is 0 Å². The molecule has 4 nitrogen and oxygen atoms in total. The summed E-state index contributed by atoms with van der Waals surface area (Å²) in [6.07, 6.45) is 0.762. The molecule has 1 saturated heterocycles. The molecule has 104 valence electrons. The number of rotatable bonds is 4. The summed E-state index contributed by atoms with van der Waals surface area (Å²) >= 11 is 3.47. The number of nitrogens with one attached hydrogen (secondary N) is 1. The van der Waals surface area contributed by atoms with E-state index in [1.807, 2.05) is 32.2 Å². The van der Waals surface area contributed by atoms with Crippen LogP contribution in [0.15, 0.2) is 22.7 Å². The molecule has 1 heterocycles. The van der Waals surface area contributed by atoms with Crippen LogP contribution < -0.4 is 10.2 Å². The first-order valence-corrected chi connectivity index (χ1v) is 7.26. The highest BCUT2D eigenvalue weighted by Crippen LogP contribution is 2.26. The first-order valence-electron chi connectivity index (χ1n) is 6.47. The van der Waals surface area contributed by atoms with E-state index in [2.05, 4.69) is 21.2 Å². The number of carbonyl (C=O) groups excluding carboxylic acids is 1. The number of benzene rings is 1. The van der Waals surface area contributed by atoms with Crippen molar-refractivity contribution in [3.05, 3.63) is 28.2 Å². The van der Waals surface area contributed by atoms with Crippen molar-refractivity contribution >= 4 is 27.7 Å². The van der Waals surface area contributed by atoms with Crippen molar-refractivity contribution in [2.24, 2.45) is 5.92 Å². The van der Waals surface area contributed by atoms with Gasteiger partial charge in [0.05, 0.1) is 6.61 Å². The second-order valence-electron chi connectivity index (χ2n) is 4.88. The number of halogens is 1. The number of aryl methyl sites for hydroxylation is 1. The van der Waals surface area contributed by atoms with E-state index in [-0.39, 0.29) is 6.09 Å². The monoisotopic (exact) mass is 326 g/mol. The zero-order valence-corrected chi connectivity index (χ0v) is 12.9. The van der Waals surface area contributed by atoms with Crippen molar-refractivity contribution in [2.75, 3.05) is 31.6 Å². The molecule has 2 rings (SSSR count). The van der Waals surface area contributed by atoms with Gasteiger partial charge in [-0.25, -0.2) is 4.79 Å². The van der Waals surface area contributed by atoms with Gasteiger partial charge in [0.2, 0.25) is 0 Å². The van der Waals surface area contributed by atoms with Crippen LogP contribution in [-0.2, 0) is 4.74 Å². The van der Waals surface area contributed by atoms with Crippen LogP contribution in [0.5, 0.6) is 0 Å². The van der Waals surface area contributed by atoms with Crippen LogP contribution in [-0.4, -0.2) is 32.8 Å². The van der Waals surface area contributed by atoms with Crippen LogP contribution in [0.25, 0.3) is 0 Å². The van der Waals surface area contributed by atoms with E-state index in [1.165, 1.54) is 0 Å². The molecule has 1 aliphatic heterocycles. The largest absolute Gasteiger partial charge is 0.449 e. The number of ether oxygens (including phenoxy) is 1. The number of amides is 1. The van der Waals surface area contributed by atoms with Crippen LogP contribution in [0.2, 0.25) is 0 Å². The Kier molecular flexibility index (Phi) is 4.82. The molecule has 1 amide bonds. The van der Waals surface area contributed by atoms with Crippen LogP contribution >= 0.6 is 15.9 Å². The quantitative estimate of drug-likeness (QED) is 0.924. The van der Waals surface area contributed by atoms with E-state index in [0.717, 1.165) is 35.2 Å². The molecule has 0 saturated carbocycles. The van der Waals surface area contributed by atoms with Gasteiger partial charge in [-0.15, -0.1) is 0 Å². The maximum atomic E-state index is 11.9. The van der Waals surface area contributed by atoms with Crippen LogP contribution in [0.1, 0.15) is 12.0 Å². The first-order chi connectivity index (χ1) is 9.11. The molecular formula is C14H19BrN2O2. The highest BCUT2D eigenvalue weighted by atomic mass is 79.9. The number of hydrogen-bond acceptors (Lipinski definition) is 3. The maximum absolute atomic E-state index is 11.9. The third-order valence-electron chi connectivity index (χ3n) is 3.36. The molecule has 0 aromatic heterocycles. The third kappa shape index (κ3) is 3.48. The molecule has 5 heteroatoms. The van der Waals surface area contributed by atoms with Crippen LogP contribution in [0.4, 0.5) is 10.5 Å². The molecular weight excluding hydrogens is 308 g/mol. The molecule has 19 heavy (non-hydrogen) atoms. The van der Waals surface area contributed by atoms with Gasteiger partial charge in [-0.1, -0.05) is 15.9 Å². The second kappa shape index (κ2) is 6.39. The van der Waals surface area contributed by atoms with Gasteiger partial charge < -0.3 is 10.1 Å². The fourth-order valence-corrected chi connectivity index (χ4v) is 2.43. The van der Waals surface area contributed by atoms with Crippen molar-refractivity contribution in [1.82, 2.24) is 5.32 Å². The van der Waals surface area contributed by atoms with E-state index in [9.17, 15) is 4.79 Å². The molecule has 1 aromatic carbocycles. The van der Waals surface area contributed by atoms with Gasteiger partial charge in [0.25, 0.3) is 0 Å². The molecule has 0 bridgehead atoms. The normalized spacial score (nSPS) is 19.4. The molecule has 1 unspecified atom stereocenters. The third-order valence-corrected chi connectivity index (χ3v) is 4.25. The van der Waals surface area contributed by atoms with E-state index in [4.69, 9.17) is 4.74 Å². The van der Waals surface area contributed by atoms with E-state index in [0.29, 0.717) is 12.5 Å². The standard InChI is InChI=1S/C14H19BrN2O2/c1-10-7-12(3-4-13(10)15)17-8-11(5-6-16-2)9-19-14(17)18/h3-4,7,11,16H,5-6,8-9H2,1-2H3. The summed E-state index contributed by atoms with van der Waals surface area (Å²) in [5.74, 6) is 0.383. The van der Waals surface area contributed by atoms with Crippen molar-refractivity contribution < 1.29 is 9.53 Å². The topological polar surface area (TPSA) is 41.6 Å². The zero-order valence-electron chi connectivity index (χ0n) is 11.3. The average Bonchev–Trinajstić information content (AvgIpc) is 2.41. The lowest BCUT2D eigenvalue weighted by atomic mass is 10.0. The minimum atomic E-state index is -0.248. The Bertz CT molecular complexity index is 465. The summed E-state index contributed by atoms with van der Waals surface area (Å²) in [5.41, 5.74) is 2.02. The second-order valence-corrected chi connectivity index (χ2v) is 5.73. The predicted molar refractivity (Wildman–Crippen MR) is 79.6 cm³/mol. The van der Waals surface area contributed by atoms with Crippen LogP contribution in [0, 0.1) is 12.8 Å². The van der Waals surface area contributed by atoms with Crippen molar-refractivity contribution in [3.8, 4) is 0 Å². The fraction of sp³-hybridized carbons (Fsp3) is 0.500. The molecule has 0 radical (unpaired) electrons. The molecule has 1 aliphatic rings. The number of carbonyl (C=O) groups is 1. The number of cyclic esters (lactones) is 1. The van der Waals surface area contributed by atoms with Gasteiger partial charge in [0.1, 0.15) is 0 Å². The summed E-state index contributed by atoms with van der Waals surface area (Å²) in [7, 11) is 1.94. The predicted octanol–water partition coefficient (Wildman–Crippen LogP) is 2.94. The lowest BCUT2D eigenvalue weighted by molar-refractivity contribution is 0.112. The summed E-state index contributed by atoms with van der Waals surface area (Å²) in [6.45, 7) is 4.20. The smallest absolute Gasteiger partial charge is 0.414 e. The SMILES string of the molecule is CNCCC1COC(=O)N(c2ccc(Br)c(C)c2)C1. The maximum Gasteiger partial charge on any atom is 0.414 e. The molecule has 1 N–H and O–H groups in total. The summed E-state index contributed by atoms with van der Waals surface area (Å²) < 4.78 is 6.32. The Labute approximate surface area is 122 Å². The van der Waals surface area contributed by atoms with Crippen molar-refractivity contribution in [2.45, 2.75) is 13.3 Å². The fourth-order valence-electron chi connectivity index (χ4n) is 2.18. The Hall–Kier alpha value is -1.07. The lowest BCUT2D eigenvalue weighted by Gasteiger charge is -2.32. The average molecular weight is 327 g/mol. The minimum Gasteiger partial charge on any atom is -0.449 e. The molecule has 1 atom stereocenters. The number of hydrogen-bond donors (Lipinski definition) is 1. The van der Waals surface area contributed by atoms with Gasteiger partial charge >= 0.3 is 6.09 Å². The zero-order chi connectivity index (χ0) is 13.8. The van der Waals surface area contributed by atoms with Gasteiger partial charge in [-0.2, -0.15) is 0 Å². The van der Waals surface area contributed by atoms with Gasteiger partial charge in [0.15, 0.2) is 0 Å². The van der Waals surface area contributed by atoms with Crippen LogP contribution in [0.3, 0.4) is 0 Å². The summed E-state index contributed by atoms with van der Waals surface area (Å²) in [5, 5.41) is 3.13. The first kappa shape index (κ1) is 14.3. The highest BCUT2D eigenvalue weighted by molar-refractivity contribution is 9.10. The Balaban J connectivity index is 2.11. The van der Waals surface area contributed by atoms with Gasteiger partial charge in [-0.3, -0.25) is 4.90 Å². The Morgan fingerprint density at radius 3 is 3.00 bits per heavy atom.